The van der Waals surface area contributed by atoms with Crippen molar-refractivity contribution in [1.82, 2.24) is 5.32 Å². The molecule has 0 aromatic heterocycles. The third kappa shape index (κ3) is 6.23. The fourth-order valence-corrected chi connectivity index (χ4v) is 2.13. The molecule has 2 heteroatoms. The second-order valence-corrected chi connectivity index (χ2v) is 6.83. The Morgan fingerprint density at radius 1 is 1.18 bits per heavy atom. The number of benzene rings is 1. The first-order valence-corrected chi connectivity index (χ1v) is 7.12. The number of rotatable bonds is 5. The van der Waals surface area contributed by atoms with Crippen LogP contribution in [0.4, 0.5) is 0 Å². The first kappa shape index (κ1) is 14.7. The van der Waals surface area contributed by atoms with E-state index in [1.807, 2.05) is 0 Å². The molecule has 0 heterocycles. The van der Waals surface area contributed by atoms with E-state index in [0.717, 1.165) is 10.9 Å². The summed E-state index contributed by atoms with van der Waals surface area (Å²) in [6.07, 6.45) is 3.60. The molecule has 1 N–H and O–H groups in total. The van der Waals surface area contributed by atoms with Crippen molar-refractivity contribution >= 4 is 15.9 Å². The van der Waals surface area contributed by atoms with Crippen LogP contribution in [0.3, 0.4) is 0 Å². The minimum Gasteiger partial charge on any atom is -0.317 e. The van der Waals surface area contributed by atoms with Gasteiger partial charge in [-0.1, -0.05) is 48.8 Å². The lowest BCUT2D eigenvalue weighted by atomic mass is 9.87. The molecule has 0 fully saturated rings. The molecule has 1 aromatic rings. The molecule has 0 amide bonds. The number of hydrogen-bond donors (Lipinski definition) is 1. The van der Waals surface area contributed by atoms with Crippen LogP contribution in [0.1, 0.15) is 39.2 Å². The number of halogens is 1. The van der Waals surface area contributed by atoms with Gasteiger partial charge in [-0.25, -0.2) is 0 Å². The molecule has 0 saturated carbocycles. The van der Waals surface area contributed by atoms with Gasteiger partial charge in [0.15, 0.2) is 0 Å². The highest BCUT2D eigenvalue weighted by Crippen LogP contribution is 2.22. The van der Waals surface area contributed by atoms with E-state index in [0.29, 0.717) is 11.5 Å². The summed E-state index contributed by atoms with van der Waals surface area (Å²) in [6.45, 7) is 6.91. The van der Waals surface area contributed by atoms with Gasteiger partial charge >= 0.3 is 0 Å². The monoisotopic (exact) mass is 297 g/mol. The van der Waals surface area contributed by atoms with Crippen molar-refractivity contribution in [2.45, 2.75) is 46.1 Å². The van der Waals surface area contributed by atoms with Crippen LogP contribution < -0.4 is 5.32 Å². The molecule has 1 aromatic carbocycles. The van der Waals surface area contributed by atoms with E-state index in [4.69, 9.17) is 0 Å². The average Bonchev–Trinajstić information content (AvgIpc) is 2.25. The number of hydrogen-bond acceptors (Lipinski definition) is 1. The standard InChI is InChI=1S/C15H24BrN/c1-15(2,3)10-9-14(17-4)11-12-5-7-13(16)8-6-12/h5-8,14,17H,9-11H2,1-4H3. The summed E-state index contributed by atoms with van der Waals surface area (Å²) in [7, 11) is 2.06. The summed E-state index contributed by atoms with van der Waals surface area (Å²) in [4.78, 5) is 0. The molecule has 96 valence electrons. The van der Waals surface area contributed by atoms with Gasteiger partial charge in [-0.3, -0.25) is 0 Å². The van der Waals surface area contributed by atoms with Crippen molar-refractivity contribution in [3.8, 4) is 0 Å². The average molecular weight is 298 g/mol. The van der Waals surface area contributed by atoms with E-state index < -0.39 is 0 Å². The van der Waals surface area contributed by atoms with E-state index in [-0.39, 0.29) is 0 Å². The smallest absolute Gasteiger partial charge is 0.0175 e. The van der Waals surface area contributed by atoms with Gasteiger partial charge in [-0.2, -0.15) is 0 Å². The SMILES string of the molecule is CNC(CCC(C)(C)C)Cc1ccc(Br)cc1. The molecule has 1 unspecified atom stereocenters. The molecular weight excluding hydrogens is 274 g/mol. The zero-order chi connectivity index (χ0) is 12.9. The van der Waals surface area contributed by atoms with Crippen LogP contribution in [0, 0.1) is 5.41 Å². The second-order valence-electron chi connectivity index (χ2n) is 5.92. The lowest BCUT2D eigenvalue weighted by Gasteiger charge is -2.23. The summed E-state index contributed by atoms with van der Waals surface area (Å²) >= 11 is 3.47. The van der Waals surface area contributed by atoms with Gasteiger partial charge in [0, 0.05) is 10.5 Å². The summed E-state index contributed by atoms with van der Waals surface area (Å²) in [6, 6.07) is 9.21. The van der Waals surface area contributed by atoms with Crippen molar-refractivity contribution in [1.29, 1.82) is 0 Å². The Balaban J connectivity index is 2.49. The van der Waals surface area contributed by atoms with Crippen LogP contribution in [0.15, 0.2) is 28.7 Å². The van der Waals surface area contributed by atoms with E-state index in [2.05, 4.69) is 73.3 Å². The Hall–Kier alpha value is -0.340. The van der Waals surface area contributed by atoms with Crippen molar-refractivity contribution in [2.75, 3.05) is 7.05 Å². The topological polar surface area (TPSA) is 12.0 Å². The third-order valence-electron chi connectivity index (χ3n) is 3.05. The van der Waals surface area contributed by atoms with Gasteiger partial charge in [0.2, 0.25) is 0 Å². The predicted octanol–water partition coefficient (Wildman–Crippen LogP) is 4.41. The van der Waals surface area contributed by atoms with E-state index in [1.54, 1.807) is 0 Å². The molecule has 1 atom stereocenters. The van der Waals surface area contributed by atoms with Crippen molar-refractivity contribution in [2.24, 2.45) is 5.41 Å². The molecule has 0 aliphatic heterocycles. The molecule has 0 bridgehead atoms. The summed E-state index contributed by atoms with van der Waals surface area (Å²) in [5.41, 5.74) is 1.83. The minimum atomic E-state index is 0.425. The third-order valence-corrected chi connectivity index (χ3v) is 3.58. The fourth-order valence-electron chi connectivity index (χ4n) is 1.86. The Morgan fingerprint density at radius 3 is 2.24 bits per heavy atom. The quantitative estimate of drug-likeness (QED) is 0.849. The van der Waals surface area contributed by atoms with E-state index in [1.165, 1.54) is 18.4 Å². The molecular formula is C15H24BrN. The molecule has 0 aliphatic rings. The van der Waals surface area contributed by atoms with Crippen LogP contribution >= 0.6 is 15.9 Å². The van der Waals surface area contributed by atoms with Crippen molar-refractivity contribution < 1.29 is 0 Å². The number of likely N-dealkylation sites (N-methyl/N-ethyl adjacent to an activating group) is 1. The van der Waals surface area contributed by atoms with Crippen LogP contribution in [0.25, 0.3) is 0 Å². The van der Waals surface area contributed by atoms with Gasteiger partial charge in [-0.15, -0.1) is 0 Å². The Morgan fingerprint density at radius 2 is 1.76 bits per heavy atom. The van der Waals surface area contributed by atoms with Crippen LogP contribution in [-0.4, -0.2) is 13.1 Å². The highest BCUT2D eigenvalue weighted by Gasteiger charge is 2.14. The predicted molar refractivity (Wildman–Crippen MR) is 79.4 cm³/mol. The lowest BCUT2D eigenvalue weighted by Crippen LogP contribution is -2.28. The highest BCUT2D eigenvalue weighted by molar-refractivity contribution is 9.10. The number of nitrogens with one attached hydrogen (secondary N) is 1. The normalized spacial score (nSPS) is 13.7. The van der Waals surface area contributed by atoms with E-state index >= 15 is 0 Å². The molecule has 17 heavy (non-hydrogen) atoms. The summed E-state index contributed by atoms with van der Waals surface area (Å²) in [5.74, 6) is 0. The van der Waals surface area contributed by atoms with Crippen LogP contribution in [0.5, 0.6) is 0 Å². The molecule has 0 saturated heterocycles. The van der Waals surface area contributed by atoms with Gasteiger partial charge in [0.05, 0.1) is 0 Å². The van der Waals surface area contributed by atoms with Crippen molar-refractivity contribution in [3.63, 3.8) is 0 Å². The Labute approximate surface area is 114 Å². The van der Waals surface area contributed by atoms with Crippen LogP contribution in [-0.2, 0) is 6.42 Å². The maximum atomic E-state index is 3.47. The van der Waals surface area contributed by atoms with Gasteiger partial charge in [0.25, 0.3) is 0 Å². The summed E-state index contributed by atoms with van der Waals surface area (Å²) < 4.78 is 1.15. The van der Waals surface area contributed by atoms with Gasteiger partial charge in [-0.05, 0) is 49.4 Å². The fraction of sp³-hybridized carbons (Fsp3) is 0.600. The van der Waals surface area contributed by atoms with Gasteiger partial charge < -0.3 is 5.32 Å². The first-order valence-electron chi connectivity index (χ1n) is 6.32. The molecule has 1 nitrogen and oxygen atoms in total. The minimum absolute atomic E-state index is 0.425. The maximum Gasteiger partial charge on any atom is 0.0175 e. The zero-order valence-electron chi connectivity index (χ0n) is 11.4. The molecule has 0 aliphatic carbocycles. The zero-order valence-corrected chi connectivity index (χ0v) is 13.0. The largest absolute Gasteiger partial charge is 0.317 e. The second kappa shape index (κ2) is 6.55. The Kier molecular flexibility index (Phi) is 5.68. The summed E-state index contributed by atoms with van der Waals surface area (Å²) in [5, 5.41) is 3.43. The molecule has 1 rings (SSSR count). The lowest BCUT2D eigenvalue weighted by molar-refractivity contribution is 0.334. The van der Waals surface area contributed by atoms with E-state index in [9.17, 15) is 0 Å². The highest BCUT2D eigenvalue weighted by atomic mass is 79.9. The maximum absolute atomic E-state index is 3.47. The van der Waals surface area contributed by atoms with Crippen molar-refractivity contribution in [3.05, 3.63) is 34.3 Å². The first-order chi connectivity index (χ1) is 7.90. The molecule has 0 spiro atoms. The molecule has 0 radical (unpaired) electrons. The Bertz CT molecular complexity index is 324. The van der Waals surface area contributed by atoms with Gasteiger partial charge in [0.1, 0.15) is 0 Å². The van der Waals surface area contributed by atoms with Crippen LogP contribution in [0.2, 0.25) is 0 Å².